The highest BCUT2D eigenvalue weighted by molar-refractivity contribution is 5.69. The van der Waals surface area contributed by atoms with E-state index in [1.807, 2.05) is 0 Å². The summed E-state index contributed by atoms with van der Waals surface area (Å²) in [7, 11) is 1.47. The van der Waals surface area contributed by atoms with Gasteiger partial charge < -0.3 is 4.74 Å². The monoisotopic (exact) mass is 212 g/mol. The Kier molecular flexibility index (Phi) is 5.74. The normalized spacial score (nSPS) is 18.3. The SMILES string of the molecule is CCC(CCC(=O)OC)CCC1CCC1. The van der Waals surface area contributed by atoms with Crippen molar-refractivity contribution >= 4 is 5.97 Å². The van der Waals surface area contributed by atoms with E-state index in [2.05, 4.69) is 11.7 Å². The van der Waals surface area contributed by atoms with Crippen LogP contribution in [0.3, 0.4) is 0 Å². The number of carbonyl (C=O) groups excluding carboxylic acids is 1. The first-order chi connectivity index (χ1) is 7.26. The maximum atomic E-state index is 11.0. The number of hydrogen-bond acceptors (Lipinski definition) is 2. The van der Waals surface area contributed by atoms with E-state index in [0.29, 0.717) is 6.42 Å². The summed E-state index contributed by atoms with van der Waals surface area (Å²) in [6.07, 6.45) is 9.79. The Morgan fingerprint density at radius 3 is 2.60 bits per heavy atom. The molecule has 0 spiro atoms. The first-order valence-electron chi connectivity index (χ1n) is 6.33. The summed E-state index contributed by atoms with van der Waals surface area (Å²) in [5.74, 6) is 1.67. The molecular formula is C13H24O2. The van der Waals surface area contributed by atoms with Gasteiger partial charge in [0.2, 0.25) is 0 Å². The van der Waals surface area contributed by atoms with E-state index in [1.54, 1.807) is 0 Å². The Bertz CT molecular complexity index is 185. The number of rotatable bonds is 7. The van der Waals surface area contributed by atoms with Crippen LogP contribution in [-0.2, 0) is 9.53 Å². The van der Waals surface area contributed by atoms with Gasteiger partial charge in [0.25, 0.3) is 0 Å². The molecule has 0 saturated heterocycles. The average Bonchev–Trinajstić information content (AvgIpc) is 2.19. The molecular weight excluding hydrogens is 188 g/mol. The Labute approximate surface area is 93.4 Å². The van der Waals surface area contributed by atoms with E-state index in [4.69, 9.17) is 0 Å². The van der Waals surface area contributed by atoms with E-state index >= 15 is 0 Å². The summed E-state index contributed by atoms with van der Waals surface area (Å²) >= 11 is 0. The fourth-order valence-electron chi connectivity index (χ4n) is 2.23. The minimum absolute atomic E-state index is 0.0582. The molecule has 1 atom stereocenters. The molecule has 1 saturated carbocycles. The van der Waals surface area contributed by atoms with Crippen LogP contribution in [-0.4, -0.2) is 13.1 Å². The summed E-state index contributed by atoms with van der Waals surface area (Å²) in [6.45, 7) is 2.22. The molecule has 0 amide bonds. The van der Waals surface area contributed by atoms with Crippen LogP contribution in [0, 0.1) is 11.8 Å². The van der Waals surface area contributed by atoms with Crippen LogP contribution in [0.4, 0.5) is 0 Å². The molecule has 2 nitrogen and oxygen atoms in total. The number of hydrogen-bond donors (Lipinski definition) is 0. The Hall–Kier alpha value is -0.530. The lowest BCUT2D eigenvalue weighted by molar-refractivity contribution is -0.140. The minimum atomic E-state index is -0.0582. The number of carbonyl (C=O) groups is 1. The van der Waals surface area contributed by atoms with Crippen molar-refractivity contribution in [1.29, 1.82) is 0 Å². The topological polar surface area (TPSA) is 26.3 Å². The largest absolute Gasteiger partial charge is 0.469 e. The highest BCUT2D eigenvalue weighted by Gasteiger charge is 2.19. The van der Waals surface area contributed by atoms with Crippen LogP contribution in [0.5, 0.6) is 0 Å². The molecule has 1 unspecified atom stereocenters. The third-order valence-corrected chi connectivity index (χ3v) is 3.77. The molecule has 1 fully saturated rings. The lowest BCUT2D eigenvalue weighted by Crippen LogP contribution is -2.13. The van der Waals surface area contributed by atoms with Crippen molar-refractivity contribution in [3.63, 3.8) is 0 Å². The minimum Gasteiger partial charge on any atom is -0.469 e. The number of esters is 1. The molecule has 0 N–H and O–H groups in total. The van der Waals surface area contributed by atoms with Gasteiger partial charge in [0.05, 0.1) is 7.11 Å². The summed E-state index contributed by atoms with van der Waals surface area (Å²) in [5, 5.41) is 0. The predicted molar refractivity (Wildman–Crippen MR) is 61.6 cm³/mol. The molecule has 0 aromatic heterocycles. The van der Waals surface area contributed by atoms with Gasteiger partial charge >= 0.3 is 5.97 Å². The number of methoxy groups -OCH3 is 1. The molecule has 0 radical (unpaired) electrons. The third-order valence-electron chi connectivity index (χ3n) is 3.77. The summed E-state index contributed by atoms with van der Waals surface area (Å²) in [5.41, 5.74) is 0. The zero-order valence-electron chi connectivity index (χ0n) is 10.1. The van der Waals surface area contributed by atoms with Crippen molar-refractivity contribution in [2.24, 2.45) is 11.8 Å². The molecule has 1 rings (SSSR count). The molecule has 0 bridgehead atoms. The van der Waals surface area contributed by atoms with Crippen molar-refractivity contribution in [1.82, 2.24) is 0 Å². The Morgan fingerprint density at radius 1 is 1.40 bits per heavy atom. The van der Waals surface area contributed by atoms with Gasteiger partial charge in [-0.2, -0.15) is 0 Å². The zero-order chi connectivity index (χ0) is 11.1. The smallest absolute Gasteiger partial charge is 0.305 e. The Balaban J connectivity index is 2.08. The lowest BCUT2D eigenvalue weighted by atomic mass is 9.79. The van der Waals surface area contributed by atoms with Crippen LogP contribution >= 0.6 is 0 Å². The van der Waals surface area contributed by atoms with Crippen LogP contribution in [0.15, 0.2) is 0 Å². The highest BCUT2D eigenvalue weighted by Crippen LogP contribution is 2.32. The van der Waals surface area contributed by atoms with Gasteiger partial charge in [0, 0.05) is 6.42 Å². The van der Waals surface area contributed by atoms with E-state index in [1.165, 1.54) is 45.6 Å². The van der Waals surface area contributed by atoms with E-state index in [9.17, 15) is 4.79 Å². The van der Waals surface area contributed by atoms with Gasteiger partial charge in [-0.3, -0.25) is 4.79 Å². The maximum absolute atomic E-state index is 11.0. The second-order valence-corrected chi connectivity index (χ2v) is 4.76. The van der Waals surface area contributed by atoms with Crippen LogP contribution in [0.2, 0.25) is 0 Å². The Morgan fingerprint density at radius 2 is 2.13 bits per heavy atom. The molecule has 15 heavy (non-hydrogen) atoms. The first kappa shape index (κ1) is 12.5. The van der Waals surface area contributed by atoms with E-state index in [0.717, 1.165) is 18.3 Å². The quantitative estimate of drug-likeness (QED) is 0.603. The lowest BCUT2D eigenvalue weighted by Gasteiger charge is -2.27. The zero-order valence-corrected chi connectivity index (χ0v) is 10.1. The van der Waals surface area contributed by atoms with Crippen molar-refractivity contribution < 1.29 is 9.53 Å². The van der Waals surface area contributed by atoms with Crippen molar-refractivity contribution in [2.75, 3.05) is 7.11 Å². The van der Waals surface area contributed by atoms with Crippen LogP contribution in [0.1, 0.15) is 58.3 Å². The molecule has 0 aromatic rings. The first-order valence-corrected chi connectivity index (χ1v) is 6.33. The number of ether oxygens (including phenoxy) is 1. The van der Waals surface area contributed by atoms with Crippen molar-refractivity contribution in [2.45, 2.75) is 58.3 Å². The van der Waals surface area contributed by atoms with Crippen molar-refractivity contribution in [3.8, 4) is 0 Å². The van der Waals surface area contributed by atoms with Crippen LogP contribution in [0.25, 0.3) is 0 Å². The van der Waals surface area contributed by atoms with Gasteiger partial charge in [0.15, 0.2) is 0 Å². The van der Waals surface area contributed by atoms with Gasteiger partial charge in [-0.25, -0.2) is 0 Å². The second kappa shape index (κ2) is 6.86. The third kappa shape index (κ3) is 4.67. The standard InChI is InChI=1S/C13H24O2/c1-3-11(9-10-13(14)15-2)7-8-12-5-4-6-12/h11-12H,3-10H2,1-2H3. The second-order valence-electron chi connectivity index (χ2n) is 4.76. The molecule has 1 aliphatic rings. The summed E-state index contributed by atoms with van der Waals surface area (Å²) < 4.78 is 4.66. The molecule has 0 aliphatic heterocycles. The fourth-order valence-corrected chi connectivity index (χ4v) is 2.23. The molecule has 0 heterocycles. The molecule has 0 aromatic carbocycles. The van der Waals surface area contributed by atoms with E-state index < -0.39 is 0 Å². The van der Waals surface area contributed by atoms with Gasteiger partial charge in [-0.05, 0) is 18.3 Å². The summed E-state index contributed by atoms with van der Waals surface area (Å²) in [6, 6.07) is 0. The molecule has 2 heteroatoms. The molecule has 1 aliphatic carbocycles. The predicted octanol–water partition coefficient (Wildman–Crippen LogP) is 3.55. The average molecular weight is 212 g/mol. The summed E-state index contributed by atoms with van der Waals surface area (Å²) in [4.78, 5) is 11.0. The van der Waals surface area contributed by atoms with E-state index in [-0.39, 0.29) is 5.97 Å². The molecule has 88 valence electrons. The maximum Gasteiger partial charge on any atom is 0.305 e. The van der Waals surface area contributed by atoms with Crippen LogP contribution < -0.4 is 0 Å². The highest BCUT2D eigenvalue weighted by atomic mass is 16.5. The fraction of sp³-hybridized carbons (Fsp3) is 0.923. The van der Waals surface area contributed by atoms with Gasteiger partial charge in [-0.15, -0.1) is 0 Å². The van der Waals surface area contributed by atoms with Gasteiger partial charge in [0.1, 0.15) is 0 Å². The van der Waals surface area contributed by atoms with Gasteiger partial charge in [-0.1, -0.05) is 45.4 Å². The van der Waals surface area contributed by atoms with Crippen molar-refractivity contribution in [3.05, 3.63) is 0 Å².